The average molecular weight is 334 g/mol. The quantitative estimate of drug-likeness (QED) is 0.901. The lowest BCUT2D eigenvalue weighted by molar-refractivity contribution is 0.158. The first-order chi connectivity index (χ1) is 11.5. The number of hydrogen-bond donors (Lipinski definition) is 1. The molecule has 2 unspecified atom stereocenters. The Labute approximate surface area is 147 Å². The molecule has 0 spiro atoms. The van der Waals surface area contributed by atoms with Crippen LogP contribution in [0.25, 0.3) is 0 Å². The average Bonchev–Trinajstić information content (AvgIpc) is 3.06. The van der Waals surface area contributed by atoms with E-state index in [9.17, 15) is 0 Å². The van der Waals surface area contributed by atoms with Crippen molar-refractivity contribution >= 4 is 0 Å². The van der Waals surface area contributed by atoms with Gasteiger partial charge in [0, 0.05) is 63.1 Å². The van der Waals surface area contributed by atoms with Crippen LogP contribution in [0.4, 0.5) is 0 Å². The zero-order valence-corrected chi connectivity index (χ0v) is 15.9. The molecule has 4 heterocycles. The largest absolute Gasteiger partial charge is 0.309 e. The molecule has 3 aliphatic rings. The maximum Gasteiger partial charge on any atom is 0.0524 e. The lowest BCUT2D eigenvalue weighted by atomic mass is 10.2. The van der Waals surface area contributed by atoms with Gasteiger partial charge in [-0.3, -0.25) is 14.5 Å². The molecule has 2 saturated heterocycles. The van der Waals surface area contributed by atoms with E-state index in [0.29, 0.717) is 6.04 Å². The van der Waals surface area contributed by atoms with Gasteiger partial charge < -0.3 is 5.32 Å². The fourth-order valence-electron chi connectivity index (χ4n) is 4.10. The fraction of sp³-hybridized carbons (Fsp3) is 0.842. The van der Waals surface area contributed by atoms with Gasteiger partial charge in [-0.1, -0.05) is 0 Å². The number of aromatic nitrogens is 2. The van der Waals surface area contributed by atoms with Crippen molar-refractivity contribution in [2.75, 3.05) is 19.6 Å². The molecule has 0 aromatic carbocycles. The number of hydrogen-bond acceptors (Lipinski definition) is 4. The van der Waals surface area contributed by atoms with E-state index >= 15 is 0 Å². The van der Waals surface area contributed by atoms with Crippen LogP contribution in [0.3, 0.4) is 0 Å². The monoisotopic (exact) mass is 333 g/mol. The maximum absolute atomic E-state index is 4.30. The second-order valence-electron chi connectivity index (χ2n) is 8.15. The second kappa shape index (κ2) is 7.98. The van der Waals surface area contributed by atoms with Crippen molar-refractivity contribution in [3.63, 3.8) is 0 Å². The van der Waals surface area contributed by atoms with E-state index in [1.807, 2.05) is 6.20 Å². The van der Waals surface area contributed by atoms with Crippen LogP contribution in [-0.2, 0) is 13.1 Å². The number of fused-ring (bicyclic) bond motifs is 3. The van der Waals surface area contributed by atoms with Crippen LogP contribution in [0, 0.1) is 0 Å². The van der Waals surface area contributed by atoms with Gasteiger partial charge in [-0.2, -0.15) is 5.10 Å². The van der Waals surface area contributed by atoms with E-state index in [1.54, 1.807) is 0 Å². The third kappa shape index (κ3) is 4.38. The highest BCUT2D eigenvalue weighted by Gasteiger charge is 2.32. The topological polar surface area (TPSA) is 36.3 Å². The van der Waals surface area contributed by atoms with Crippen molar-refractivity contribution in [2.24, 2.45) is 0 Å². The minimum absolute atomic E-state index is 0.640. The number of rotatable bonds is 2. The highest BCUT2D eigenvalue weighted by molar-refractivity contribution is 5.01. The summed E-state index contributed by atoms with van der Waals surface area (Å²) in [5, 5.41) is 7.93. The SMILES string of the molecule is CC(C)N1CC2CCC(C1)N2.CC(C)N1CCCn2nccc2C1. The highest BCUT2D eigenvalue weighted by Crippen LogP contribution is 2.21. The van der Waals surface area contributed by atoms with Crippen LogP contribution in [0.1, 0.15) is 52.7 Å². The Kier molecular flexibility index (Phi) is 5.95. The number of nitrogens with zero attached hydrogens (tertiary/aromatic N) is 4. The molecule has 1 N–H and O–H groups in total. The van der Waals surface area contributed by atoms with Gasteiger partial charge in [0.25, 0.3) is 0 Å². The Bertz CT molecular complexity index is 498. The van der Waals surface area contributed by atoms with Gasteiger partial charge in [-0.25, -0.2) is 0 Å². The summed E-state index contributed by atoms with van der Waals surface area (Å²) in [4.78, 5) is 5.10. The molecule has 2 atom stereocenters. The Morgan fingerprint density at radius 2 is 1.67 bits per heavy atom. The molecule has 0 saturated carbocycles. The third-order valence-electron chi connectivity index (χ3n) is 5.69. The van der Waals surface area contributed by atoms with Gasteiger partial charge >= 0.3 is 0 Å². The Morgan fingerprint density at radius 1 is 1.00 bits per heavy atom. The van der Waals surface area contributed by atoms with Gasteiger partial charge in [0.1, 0.15) is 0 Å². The second-order valence-corrected chi connectivity index (χ2v) is 8.15. The number of nitrogens with one attached hydrogen (secondary N) is 1. The molecule has 1 aromatic rings. The van der Waals surface area contributed by atoms with E-state index in [2.05, 4.69) is 58.7 Å². The van der Waals surface area contributed by atoms with Crippen molar-refractivity contribution in [3.8, 4) is 0 Å². The lowest BCUT2D eigenvalue weighted by Crippen LogP contribution is -2.53. The van der Waals surface area contributed by atoms with E-state index in [1.165, 1.54) is 44.6 Å². The van der Waals surface area contributed by atoms with Gasteiger partial charge in [-0.15, -0.1) is 0 Å². The predicted octanol–water partition coefficient (Wildman–Crippen LogP) is 2.33. The summed E-state index contributed by atoms with van der Waals surface area (Å²) in [5.41, 5.74) is 1.35. The minimum Gasteiger partial charge on any atom is -0.309 e. The molecule has 3 aliphatic heterocycles. The summed E-state index contributed by atoms with van der Waals surface area (Å²) in [5.74, 6) is 0. The van der Waals surface area contributed by atoms with Crippen LogP contribution in [0.2, 0.25) is 0 Å². The molecule has 2 fully saturated rings. The predicted molar refractivity (Wildman–Crippen MR) is 99.0 cm³/mol. The van der Waals surface area contributed by atoms with Crippen molar-refractivity contribution < 1.29 is 0 Å². The molecule has 4 rings (SSSR count). The first-order valence-corrected chi connectivity index (χ1v) is 9.77. The standard InChI is InChI=1S/C10H17N3.C9H18N2/c1-9(2)12-6-3-7-13-10(8-12)4-5-11-13;1-7(2)11-5-8-3-4-9(6-11)10-8/h4-5,9H,3,6-8H2,1-2H3;7-10H,3-6H2,1-2H3. The third-order valence-corrected chi connectivity index (χ3v) is 5.69. The first-order valence-electron chi connectivity index (χ1n) is 9.77. The molecule has 2 bridgehead atoms. The fourth-order valence-corrected chi connectivity index (χ4v) is 4.10. The Morgan fingerprint density at radius 3 is 2.29 bits per heavy atom. The van der Waals surface area contributed by atoms with E-state index in [-0.39, 0.29) is 0 Å². The summed E-state index contributed by atoms with van der Waals surface area (Å²) >= 11 is 0. The van der Waals surface area contributed by atoms with Crippen molar-refractivity contribution in [1.29, 1.82) is 0 Å². The maximum atomic E-state index is 4.30. The summed E-state index contributed by atoms with van der Waals surface area (Å²) < 4.78 is 2.13. The van der Waals surface area contributed by atoms with Gasteiger partial charge in [-0.05, 0) is 53.0 Å². The lowest BCUT2D eigenvalue weighted by Gasteiger charge is -2.35. The zero-order chi connectivity index (χ0) is 17.1. The van der Waals surface area contributed by atoms with Gasteiger partial charge in [0.15, 0.2) is 0 Å². The van der Waals surface area contributed by atoms with E-state index in [4.69, 9.17) is 0 Å². The molecular weight excluding hydrogens is 298 g/mol. The van der Waals surface area contributed by atoms with Gasteiger partial charge in [0.05, 0.1) is 5.69 Å². The van der Waals surface area contributed by atoms with Crippen LogP contribution >= 0.6 is 0 Å². The van der Waals surface area contributed by atoms with E-state index in [0.717, 1.165) is 31.2 Å². The normalized spacial score (nSPS) is 27.8. The van der Waals surface area contributed by atoms with E-state index < -0.39 is 0 Å². The van der Waals surface area contributed by atoms with Crippen LogP contribution in [0.5, 0.6) is 0 Å². The number of piperazine rings is 1. The zero-order valence-electron chi connectivity index (χ0n) is 15.9. The molecule has 5 nitrogen and oxygen atoms in total. The molecular formula is C19H35N5. The van der Waals surface area contributed by atoms with Crippen molar-refractivity contribution in [2.45, 2.75) is 84.2 Å². The first kappa shape index (κ1) is 17.9. The molecule has 0 amide bonds. The van der Waals surface area contributed by atoms with Crippen LogP contribution in [0.15, 0.2) is 12.3 Å². The summed E-state index contributed by atoms with van der Waals surface area (Å²) in [6.07, 6.45) is 5.91. The number of likely N-dealkylation sites (tertiary alicyclic amines) is 1. The van der Waals surface area contributed by atoms with Crippen molar-refractivity contribution in [1.82, 2.24) is 24.9 Å². The summed E-state index contributed by atoms with van der Waals surface area (Å²) in [6, 6.07) is 5.11. The molecule has 1 aromatic heterocycles. The smallest absolute Gasteiger partial charge is 0.0524 e. The molecule has 0 radical (unpaired) electrons. The van der Waals surface area contributed by atoms with Crippen molar-refractivity contribution in [3.05, 3.63) is 18.0 Å². The molecule has 136 valence electrons. The summed E-state index contributed by atoms with van der Waals surface area (Å²) in [7, 11) is 0. The Balaban J connectivity index is 0.000000143. The molecule has 24 heavy (non-hydrogen) atoms. The summed E-state index contributed by atoms with van der Waals surface area (Å²) in [6.45, 7) is 15.0. The Hall–Kier alpha value is -0.910. The molecule has 5 heteroatoms. The number of aryl methyl sites for hydroxylation is 1. The van der Waals surface area contributed by atoms with Crippen LogP contribution < -0.4 is 5.32 Å². The molecule has 0 aliphatic carbocycles. The minimum atomic E-state index is 0.640. The van der Waals surface area contributed by atoms with Gasteiger partial charge in [0.2, 0.25) is 0 Å². The van der Waals surface area contributed by atoms with Crippen LogP contribution in [-0.4, -0.2) is 63.4 Å². The highest BCUT2D eigenvalue weighted by atomic mass is 15.3.